The fourth-order valence-corrected chi connectivity index (χ4v) is 3.11. The zero-order valence-electron chi connectivity index (χ0n) is 17.4. The number of methoxy groups -OCH3 is 1. The Labute approximate surface area is 178 Å². The zero-order chi connectivity index (χ0) is 21.4. The smallest absolute Gasteiger partial charge is 0.242 e. The molecule has 2 rings (SSSR count). The summed E-state index contributed by atoms with van der Waals surface area (Å²) in [6, 6.07) is 14.2. The molecule has 2 amide bonds. The van der Waals surface area contributed by atoms with E-state index in [0.29, 0.717) is 11.6 Å². The summed E-state index contributed by atoms with van der Waals surface area (Å²) in [7, 11) is 1.60. The highest BCUT2D eigenvalue weighted by Crippen LogP contribution is 2.17. The van der Waals surface area contributed by atoms with E-state index in [1.807, 2.05) is 56.3 Å². The number of hydrogen-bond donors (Lipinski definition) is 1. The first-order valence-electron chi connectivity index (χ1n) is 9.81. The third kappa shape index (κ3) is 6.79. The second-order valence-corrected chi connectivity index (χ2v) is 7.61. The molecule has 29 heavy (non-hydrogen) atoms. The Morgan fingerprint density at radius 1 is 1.10 bits per heavy atom. The summed E-state index contributed by atoms with van der Waals surface area (Å²) in [5.41, 5.74) is 1.74. The van der Waals surface area contributed by atoms with E-state index >= 15 is 0 Å². The lowest BCUT2D eigenvalue weighted by molar-refractivity contribution is -0.140. The average Bonchev–Trinajstić information content (AvgIpc) is 2.71. The molecule has 1 N–H and O–H groups in total. The maximum Gasteiger partial charge on any atom is 0.242 e. The number of rotatable bonds is 9. The van der Waals surface area contributed by atoms with Crippen LogP contribution in [0.4, 0.5) is 0 Å². The standard InChI is InChI=1S/C23H29ClN2O3/c1-5-16(2)25-23(28)17(3)26(15-19-7-6-8-20(24)13-19)22(27)14-18-9-11-21(29-4)12-10-18/h6-13,16-17H,5,14-15H2,1-4H3,(H,25,28)/t16-,17-/m0/s1. The third-order valence-corrected chi connectivity index (χ3v) is 5.16. The number of hydrogen-bond acceptors (Lipinski definition) is 3. The molecule has 0 bridgehead atoms. The number of carbonyl (C=O) groups is 2. The van der Waals surface area contributed by atoms with Crippen molar-refractivity contribution in [2.45, 2.75) is 52.2 Å². The molecule has 0 aliphatic rings. The molecule has 0 unspecified atom stereocenters. The lowest BCUT2D eigenvalue weighted by atomic mass is 10.1. The van der Waals surface area contributed by atoms with Gasteiger partial charge in [-0.3, -0.25) is 9.59 Å². The minimum atomic E-state index is -0.603. The molecule has 2 atom stereocenters. The molecule has 0 aromatic heterocycles. The lowest BCUT2D eigenvalue weighted by Crippen LogP contribution is -2.49. The third-order valence-electron chi connectivity index (χ3n) is 4.92. The van der Waals surface area contributed by atoms with Crippen molar-refractivity contribution in [1.82, 2.24) is 10.2 Å². The van der Waals surface area contributed by atoms with Gasteiger partial charge < -0.3 is 15.0 Å². The molecule has 0 aliphatic heterocycles. The Bertz CT molecular complexity index is 823. The van der Waals surface area contributed by atoms with Crippen LogP contribution in [-0.2, 0) is 22.6 Å². The van der Waals surface area contributed by atoms with Crippen molar-refractivity contribution in [1.29, 1.82) is 0 Å². The quantitative estimate of drug-likeness (QED) is 0.665. The van der Waals surface area contributed by atoms with Crippen LogP contribution in [0.1, 0.15) is 38.3 Å². The topological polar surface area (TPSA) is 58.6 Å². The Balaban J connectivity index is 2.21. The van der Waals surface area contributed by atoms with E-state index < -0.39 is 6.04 Å². The maximum atomic E-state index is 13.1. The molecule has 0 heterocycles. The van der Waals surface area contributed by atoms with Crippen LogP contribution < -0.4 is 10.1 Å². The molecule has 0 spiro atoms. The van der Waals surface area contributed by atoms with E-state index in [2.05, 4.69) is 5.32 Å². The molecule has 0 radical (unpaired) electrons. The van der Waals surface area contributed by atoms with Gasteiger partial charge in [0, 0.05) is 17.6 Å². The average molecular weight is 417 g/mol. The monoisotopic (exact) mass is 416 g/mol. The van der Waals surface area contributed by atoms with Crippen LogP contribution in [0.15, 0.2) is 48.5 Å². The Morgan fingerprint density at radius 2 is 1.79 bits per heavy atom. The van der Waals surface area contributed by atoms with E-state index in [-0.39, 0.29) is 24.3 Å². The van der Waals surface area contributed by atoms with E-state index in [1.165, 1.54) is 0 Å². The summed E-state index contributed by atoms with van der Waals surface area (Å²) in [6.07, 6.45) is 1.03. The lowest BCUT2D eigenvalue weighted by Gasteiger charge is -2.30. The fraction of sp³-hybridized carbons (Fsp3) is 0.391. The van der Waals surface area contributed by atoms with Gasteiger partial charge in [0.1, 0.15) is 11.8 Å². The van der Waals surface area contributed by atoms with Crippen molar-refractivity contribution in [2.24, 2.45) is 0 Å². The largest absolute Gasteiger partial charge is 0.497 e. The number of halogens is 1. The van der Waals surface area contributed by atoms with Crippen LogP contribution >= 0.6 is 11.6 Å². The maximum absolute atomic E-state index is 13.1. The van der Waals surface area contributed by atoms with Crippen LogP contribution in [0, 0.1) is 0 Å². The number of amides is 2. The van der Waals surface area contributed by atoms with E-state index in [9.17, 15) is 9.59 Å². The van der Waals surface area contributed by atoms with Gasteiger partial charge in [0.05, 0.1) is 13.5 Å². The molecule has 0 aliphatic carbocycles. The molecule has 5 nitrogen and oxygen atoms in total. The van der Waals surface area contributed by atoms with Gasteiger partial charge in [-0.2, -0.15) is 0 Å². The van der Waals surface area contributed by atoms with Gasteiger partial charge in [0.25, 0.3) is 0 Å². The number of carbonyl (C=O) groups excluding carboxylic acids is 2. The molecule has 0 fully saturated rings. The van der Waals surface area contributed by atoms with Gasteiger partial charge in [-0.1, -0.05) is 42.8 Å². The molecular weight excluding hydrogens is 388 g/mol. The number of nitrogens with one attached hydrogen (secondary N) is 1. The minimum absolute atomic E-state index is 0.0506. The van der Waals surface area contributed by atoms with Gasteiger partial charge in [-0.05, 0) is 55.7 Å². The fourth-order valence-electron chi connectivity index (χ4n) is 2.90. The zero-order valence-corrected chi connectivity index (χ0v) is 18.2. The Morgan fingerprint density at radius 3 is 2.38 bits per heavy atom. The van der Waals surface area contributed by atoms with Gasteiger partial charge in [0.2, 0.25) is 11.8 Å². The molecule has 156 valence electrons. The predicted octanol–water partition coefficient (Wildman–Crippen LogP) is 4.22. The van der Waals surface area contributed by atoms with Crippen LogP contribution in [0.5, 0.6) is 5.75 Å². The van der Waals surface area contributed by atoms with Crippen molar-refractivity contribution in [3.63, 3.8) is 0 Å². The highest BCUT2D eigenvalue weighted by atomic mass is 35.5. The van der Waals surface area contributed by atoms with Crippen molar-refractivity contribution < 1.29 is 14.3 Å². The second kappa shape index (κ2) is 10.9. The van der Waals surface area contributed by atoms with Crippen molar-refractivity contribution >= 4 is 23.4 Å². The van der Waals surface area contributed by atoms with Gasteiger partial charge in [0.15, 0.2) is 0 Å². The number of benzene rings is 2. The molecule has 0 saturated carbocycles. The molecule has 2 aromatic carbocycles. The molecule has 2 aromatic rings. The second-order valence-electron chi connectivity index (χ2n) is 7.17. The number of ether oxygens (including phenoxy) is 1. The van der Waals surface area contributed by atoms with Gasteiger partial charge in [-0.25, -0.2) is 0 Å². The first kappa shape index (κ1) is 22.8. The van der Waals surface area contributed by atoms with E-state index in [4.69, 9.17) is 16.3 Å². The summed E-state index contributed by atoms with van der Waals surface area (Å²) in [5, 5.41) is 3.56. The molecule has 0 saturated heterocycles. The summed E-state index contributed by atoms with van der Waals surface area (Å²) in [6.45, 7) is 6.03. The summed E-state index contributed by atoms with van der Waals surface area (Å²) in [4.78, 5) is 27.4. The highest BCUT2D eigenvalue weighted by Gasteiger charge is 2.26. The Kier molecular flexibility index (Phi) is 8.52. The van der Waals surface area contributed by atoms with Gasteiger partial charge >= 0.3 is 0 Å². The summed E-state index contributed by atoms with van der Waals surface area (Å²) >= 11 is 6.10. The predicted molar refractivity (Wildman–Crippen MR) is 116 cm³/mol. The van der Waals surface area contributed by atoms with Gasteiger partial charge in [-0.15, -0.1) is 0 Å². The molecular formula is C23H29ClN2O3. The summed E-state index contributed by atoms with van der Waals surface area (Å²) in [5.74, 6) is 0.449. The van der Waals surface area contributed by atoms with Crippen LogP contribution in [-0.4, -0.2) is 35.9 Å². The Hall–Kier alpha value is -2.53. The first-order valence-corrected chi connectivity index (χ1v) is 10.2. The van der Waals surface area contributed by atoms with E-state index in [1.54, 1.807) is 25.0 Å². The highest BCUT2D eigenvalue weighted by molar-refractivity contribution is 6.30. The van der Waals surface area contributed by atoms with E-state index in [0.717, 1.165) is 23.3 Å². The van der Waals surface area contributed by atoms with Crippen molar-refractivity contribution in [3.8, 4) is 5.75 Å². The van der Waals surface area contributed by atoms with Crippen LogP contribution in [0.3, 0.4) is 0 Å². The van der Waals surface area contributed by atoms with Crippen molar-refractivity contribution in [2.75, 3.05) is 7.11 Å². The first-order chi connectivity index (χ1) is 13.8. The summed E-state index contributed by atoms with van der Waals surface area (Å²) < 4.78 is 5.17. The van der Waals surface area contributed by atoms with Crippen molar-refractivity contribution in [3.05, 3.63) is 64.7 Å². The minimum Gasteiger partial charge on any atom is -0.497 e. The van der Waals surface area contributed by atoms with Crippen LogP contribution in [0.2, 0.25) is 5.02 Å². The number of nitrogens with zero attached hydrogens (tertiary/aromatic N) is 1. The normalized spacial score (nSPS) is 12.7. The molecule has 6 heteroatoms. The van der Waals surface area contributed by atoms with Crippen LogP contribution in [0.25, 0.3) is 0 Å². The SMILES string of the molecule is CC[C@H](C)NC(=O)[C@H](C)N(Cc1cccc(Cl)c1)C(=O)Cc1ccc(OC)cc1.